The van der Waals surface area contributed by atoms with E-state index in [-0.39, 0.29) is 5.56 Å². The fourth-order valence-electron chi connectivity index (χ4n) is 2.24. The van der Waals surface area contributed by atoms with Crippen LogP contribution in [0.4, 0.5) is 0 Å². The van der Waals surface area contributed by atoms with Crippen molar-refractivity contribution < 1.29 is 0 Å². The molecule has 0 amide bonds. The maximum atomic E-state index is 12.4. The highest BCUT2D eigenvalue weighted by atomic mass is 16.1. The molecule has 2 nitrogen and oxygen atoms in total. The minimum atomic E-state index is 0.0682. The fraction of sp³-hybridized carbons (Fsp3) is 0.118. The smallest absolute Gasteiger partial charge is 0.258 e. The van der Waals surface area contributed by atoms with Gasteiger partial charge >= 0.3 is 0 Å². The van der Waals surface area contributed by atoms with E-state index in [1.54, 1.807) is 4.57 Å². The molecule has 0 saturated carbocycles. The molecule has 1 heterocycles. The second kappa shape index (κ2) is 4.73. The van der Waals surface area contributed by atoms with Crippen LogP contribution in [0.2, 0.25) is 0 Å². The molecule has 0 aliphatic carbocycles. The topological polar surface area (TPSA) is 22.0 Å². The Hall–Kier alpha value is -2.35. The lowest BCUT2D eigenvalue weighted by Crippen LogP contribution is -2.19. The number of pyridine rings is 1. The van der Waals surface area contributed by atoms with Gasteiger partial charge in [0.1, 0.15) is 0 Å². The average molecular weight is 249 g/mol. The van der Waals surface area contributed by atoms with Crippen molar-refractivity contribution in [1.29, 1.82) is 0 Å². The van der Waals surface area contributed by atoms with Crippen LogP contribution < -0.4 is 5.56 Å². The highest BCUT2D eigenvalue weighted by Gasteiger charge is 2.02. The first kappa shape index (κ1) is 11.7. The van der Waals surface area contributed by atoms with Crippen LogP contribution in [-0.2, 0) is 6.54 Å². The molecular weight excluding hydrogens is 234 g/mol. The molecule has 0 spiro atoms. The van der Waals surface area contributed by atoms with Crippen molar-refractivity contribution in [3.63, 3.8) is 0 Å². The minimum Gasteiger partial charge on any atom is -0.311 e. The van der Waals surface area contributed by atoms with Gasteiger partial charge in [-0.2, -0.15) is 0 Å². The summed E-state index contributed by atoms with van der Waals surface area (Å²) in [5.41, 5.74) is 2.44. The number of fused-ring (bicyclic) bond motifs is 1. The van der Waals surface area contributed by atoms with Crippen LogP contribution in [0, 0.1) is 6.92 Å². The van der Waals surface area contributed by atoms with Gasteiger partial charge in [0.25, 0.3) is 5.56 Å². The summed E-state index contributed by atoms with van der Waals surface area (Å²) in [7, 11) is 0. The van der Waals surface area contributed by atoms with Gasteiger partial charge in [-0.1, -0.05) is 48.0 Å². The van der Waals surface area contributed by atoms with Crippen LogP contribution in [-0.4, -0.2) is 4.57 Å². The Bertz CT molecular complexity index is 769. The Morgan fingerprint density at radius 2 is 1.68 bits per heavy atom. The Labute approximate surface area is 111 Å². The molecule has 0 N–H and O–H groups in total. The van der Waals surface area contributed by atoms with Gasteiger partial charge in [0, 0.05) is 11.6 Å². The standard InChI is InChI=1S/C17H15NO/c1-13-6-8-14(9-7-13)12-18-11-10-15-4-2-3-5-16(15)17(18)19/h2-11H,12H2,1H3. The van der Waals surface area contributed by atoms with E-state index in [4.69, 9.17) is 0 Å². The van der Waals surface area contributed by atoms with Crippen molar-refractivity contribution in [1.82, 2.24) is 4.57 Å². The first-order chi connectivity index (χ1) is 9.24. The molecule has 3 aromatic rings. The number of hydrogen-bond donors (Lipinski definition) is 0. The van der Waals surface area contributed by atoms with E-state index in [2.05, 4.69) is 31.2 Å². The number of rotatable bonds is 2. The molecular formula is C17H15NO. The van der Waals surface area contributed by atoms with Crippen LogP contribution in [0.15, 0.2) is 65.6 Å². The third-order valence-corrected chi connectivity index (χ3v) is 3.36. The van der Waals surface area contributed by atoms with E-state index < -0.39 is 0 Å². The zero-order valence-corrected chi connectivity index (χ0v) is 10.8. The number of nitrogens with zero attached hydrogens (tertiary/aromatic N) is 1. The number of benzene rings is 2. The lowest BCUT2D eigenvalue weighted by molar-refractivity contribution is 0.768. The first-order valence-corrected chi connectivity index (χ1v) is 6.38. The molecule has 0 radical (unpaired) electrons. The normalized spacial score (nSPS) is 10.8. The van der Waals surface area contributed by atoms with E-state index in [0.717, 1.165) is 16.3 Å². The zero-order valence-electron chi connectivity index (χ0n) is 10.8. The summed E-state index contributed by atoms with van der Waals surface area (Å²) >= 11 is 0. The predicted octanol–water partition coefficient (Wildman–Crippen LogP) is 3.36. The van der Waals surface area contributed by atoms with Gasteiger partial charge in [0.05, 0.1) is 6.54 Å². The molecule has 2 aromatic carbocycles. The monoisotopic (exact) mass is 249 g/mol. The van der Waals surface area contributed by atoms with Crippen molar-refractivity contribution in [3.8, 4) is 0 Å². The van der Waals surface area contributed by atoms with E-state index in [1.807, 2.05) is 36.5 Å². The molecule has 19 heavy (non-hydrogen) atoms. The van der Waals surface area contributed by atoms with Gasteiger partial charge in [0.2, 0.25) is 0 Å². The van der Waals surface area contributed by atoms with E-state index in [9.17, 15) is 4.79 Å². The van der Waals surface area contributed by atoms with Crippen molar-refractivity contribution in [3.05, 3.63) is 82.3 Å². The van der Waals surface area contributed by atoms with Crippen LogP contribution in [0.3, 0.4) is 0 Å². The fourth-order valence-corrected chi connectivity index (χ4v) is 2.24. The summed E-state index contributed by atoms with van der Waals surface area (Å²) in [6.07, 6.45) is 1.87. The molecule has 0 atom stereocenters. The summed E-state index contributed by atoms with van der Waals surface area (Å²) in [4.78, 5) is 12.4. The number of aryl methyl sites for hydroxylation is 1. The maximum absolute atomic E-state index is 12.4. The van der Waals surface area contributed by atoms with Crippen LogP contribution in [0.5, 0.6) is 0 Å². The molecule has 1 aromatic heterocycles. The lowest BCUT2D eigenvalue weighted by Gasteiger charge is -2.07. The van der Waals surface area contributed by atoms with Crippen molar-refractivity contribution in [2.45, 2.75) is 13.5 Å². The molecule has 0 aliphatic rings. The Kier molecular flexibility index (Phi) is 2.92. The quantitative estimate of drug-likeness (QED) is 0.682. The SMILES string of the molecule is Cc1ccc(Cn2ccc3ccccc3c2=O)cc1. The van der Waals surface area contributed by atoms with E-state index in [0.29, 0.717) is 6.54 Å². The van der Waals surface area contributed by atoms with Crippen molar-refractivity contribution >= 4 is 10.8 Å². The van der Waals surface area contributed by atoms with Crippen molar-refractivity contribution in [2.75, 3.05) is 0 Å². The molecule has 3 rings (SSSR count). The molecule has 94 valence electrons. The summed E-state index contributed by atoms with van der Waals surface area (Å²) in [6.45, 7) is 2.68. The minimum absolute atomic E-state index is 0.0682. The molecule has 0 aliphatic heterocycles. The second-order valence-electron chi connectivity index (χ2n) is 4.82. The highest BCUT2D eigenvalue weighted by molar-refractivity contribution is 5.81. The largest absolute Gasteiger partial charge is 0.311 e. The van der Waals surface area contributed by atoms with Crippen LogP contribution in [0.25, 0.3) is 10.8 Å². The zero-order chi connectivity index (χ0) is 13.2. The van der Waals surface area contributed by atoms with Gasteiger partial charge in [-0.25, -0.2) is 0 Å². The van der Waals surface area contributed by atoms with Crippen LogP contribution >= 0.6 is 0 Å². The predicted molar refractivity (Wildman–Crippen MR) is 78.5 cm³/mol. The Morgan fingerprint density at radius 3 is 2.47 bits per heavy atom. The third-order valence-electron chi connectivity index (χ3n) is 3.36. The van der Waals surface area contributed by atoms with Crippen LogP contribution in [0.1, 0.15) is 11.1 Å². The van der Waals surface area contributed by atoms with Crippen molar-refractivity contribution in [2.24, 2.45) is 0 Å². The van der Waals surface area contributed by atoms with Gasteiger partial charge in [-0.3, -0.25) is 4.79 Å². The summed E-state index contributed by atoms with van der Waals surface area (Å²) < 4.78 is 1.76. The number of aromatic nitrogens is 1. The van der Waals surface area contributed by atoms with Gasteiger partial charge < -0.3 is 4.57 Å². The second-order valence-corrected chi connectivity index (χ2v) is 4.82. The molecule has 0 bridgehead atoms. The number of hydrogen-bond acceptors (Lipinski definition) is 1. The van der Waals surface area contributed by atoms with Gasteiger partial charge in [0.15, 0.2) is 0 Å². The Balaban J connectivity index is 2.04. The lowest BCUT2D eigenvalue weighted by atomic mass is 10.1. The highest BCUT2D eigenvalue weighted by Crippen LogP contribution is 2.10. The third kappa shape index (κ3) is 2.29. The average Bonchev–Trinajstić information content (AvgIpc) is 2.45. The molecule has 2 heteroatoms. The molecule has 0 fully saturated rings. The van der Waals surface area contributed by atoms with E-state index >= 15 is 0 Å². The summed E-state index contributed by atoms with van der Waals surface area (Å²) in [5.74, 6) is 0. The molecule has 0 saturated heterocycles. The van der Waals surface area contributed by atoms with Gasteiger partial charge in [-0.15, -0.1) is 0 Å². The summed E-state index contributed by atoms with van der Waals surface area (Å²) in [5, 5.41) is 1.77. The van der Waals surface area contributed by atoms with Gasteiger partial charge in [-0.05, 0) is 30.0 Å². The molecule has 0 unspecified atom stereocenters. The first-order valence-electron chi connectivity index (χ1n) is 6.38. The van der Waals surface area contributed by atoms with E-state index in [1.165, 1.54) is 5.56 Å². The maximum Gasteiger partial charge on any atom is 0.258 e. The summed E-state index contributed by atoms with van der Waals surface area (Å²) in [6, 6.07) is 18.0. The Morgan fingerprint density at radius 1 is 0.947 bits per heavy atom.